The predicted molar refractivity (Wildman–Crippen MR) is 104 cm³/mol. The van der Waals surface area contributed by atoms with Crippen LogP contribution in [0.1, 0.15) is 0 Å². The van der Waals surface area contributed by atoms with Crippen LogP contribution in [0.4, 0.5) is 0 Å². The summed E-state index contributed by atoms with van der Waals surface area (Å²) < 4.78 is 12.8. The molecular weight excluding hydrogens is 388 g/mol. The highest BCUT2D eigenvalue weighted by Gasteiger charge is 2.15. The molecule has 0 unspecified atom stereocenters. The molecule has 0 radical (unpaired) electrons. The number of rotatable bonds is 7. The van der Waals surface area contributed by atoms with Gasteiger partial charge in [-0.1, -0.05) is 23.7 Å². The number of aliphatic carboxylic acids is 1. The molecule has 8 nitrogen and oxygen atoms in total. The zero-order valence-electron chi connectivity index (χ0n) is 14.9. The number of carboxylic acids is 1. The molecule has 0 atom stereocenters. The number of halogens is 1. The number of carbonyl (C=O) groups is 1. The van der Waals surface area contributed by atoms with Crippen LogP contribution in [0, 0.1) is 0 Å². The van der Waals surface area contributed by atoms with Crippen LogP contribution in [-0.4, -0.2) is 33.9 Å². The van der Waals surface area contributed by atoms with E-state index in [1.807, 2.05) is 0 Å². The second-order valence-corrected chi connectivity index (χ2v) is 6.32. The number of aromatic nitrogens is 2. The fraction of sp³-hybridized carbons (Fsp3) is 0.211. The highest BCUT2D eigenvalue weighted by Crippen LogP contribution is 2.25. The monoisotopic (exact) mass is 404 g/mol. The fourth-order valence-corrected chi connectivity index (χ4v) is 3.04. The molecule has 0 bridgehead atoms. The summed E-state index contributed by atoms with van der Waals surface area (Å²) in [4.78, 5) is 36.7. The molecule has 0 aliphatic carbocycles. The summed E-state index contributed by atoms with van der Waals surface area (Å²) in [5.74, 6) is -0.218. The van der Waals surface area contributed by atoms with Crippen LogP contribution >= 0.6 is 11.6 Å². The number of carboxylic acid groups (broad SMARTS) is 1. The van der Waals surface area contributed by atoms with E-state index < -0.39 is 23.8 Å². The zero-order valence-corrected chi connectivity index (χ0v) is 15.7. The normalized spacial score (nSPS) is 10.8. The lowest BCUT2D eigenvalue weighted by Gasteiger charge is -2.14. The number of para-hydroxylation sites is 2. The van der Waals surface area contributed by atoms with Gasteiger partial charge in [0.1, 0.15) is 13.2 Å². The summed E-state index contributed by atoms with van der Waals surface area (Å²) in [7, 11) is 1.50. The molecule has 146 valence electrons. The Kier molecular flexibility index (Phi) is 5.70. The second kappa shape index (κ2) is 8.18. The minimum Gasteiger partial charge on any atom is -0.493 e. The third kappa shape index (κ3) is 3.86. The van der Waals surface area contributed by atoms with Gasteiger partial charge in [0.05, 0.1) is 24.6 Å². The van der Waals surface area contributed by atoms with E-state index >= 15 is 0 Å². The third-order valence-electron chi connectivity index (χ3n) is 4.12. The molecule has 3 rings (SSSR count). The fourth-order valence-electron chi connectivity index (χ4n) is 2.87. The average molecular weight is 405 g/mol. The summed E-state index contributed by atoms with van der Waals surface area (Å²) in [6.07, 6.45) is 0. The summed E-state index contributed by atoms with van der Waals surface area (Å²) in [6, 6.07) is 11.3. The molecule has 0 amide bonds. The van der Waals surface area contributed by atoms with Crippen molar-refractivity contribution >= 4 is 28.5 Å². The quantitative estimate of drug-likeness (QED) is 0.646. The molecule has 0 aliphatic rings. The number of benzene rings is 2. The maximum Gasteiger partial charge on any atom is 0.332 e. The molecule has 2 aromatic carbocycles. The van der Waals surface area contributed by atoms with Gasteiger partial charge in [-0.3, -0.25) is 18.7 Å². The van der Waals surface area contributed by atoms with Gasteiger partial charge in [-0.05, 0) is 30.3 Å². The number of hydrogen-bond acceptors (Lipinski definition) is 5. The Morgan fingerprint density at radius 3 is 2.50 bits per heavy atom. The lowest BCUT2D eigenvalue weighted by atomic mass is 10.2. The van der Waals surface area contributed by atoms with E-state index in [1.165, 1.54) is 25.3 Å². The predicted octanol–water partition coefficient (Wildman–Crippen LogP) is 1.99. The van der Waals surface area contributed by atoms with Crippen LogP contribution in [0.15, 0.2) is 52.1 Å². The van der Waals surface area contributed by atoms with E-state index in [4.69, 9.17) is 26.2 Å². The average Bonchev–Trinajstić information content (AvgIpc) is 2.68. The van der Waals surface area contributed by atoms with Crippen molar-refractivity contribution in [1.29, 1.82) is 0 Å². The first-order chi connectivity index (χ1) is 13.4. The number of hydrogen-bond donors (Lipinski definition) is 1. The number of fused-ring (bicyclic) bond motifs is 1. The molecule has 1 heterocycles. The Morgan fingerprint density at radius 2 is 1.82 bits per heavy atom. The molecule has 0 fully saturated rings. The first-order valence-electron chi connectivity index (χ1n) is 8.33. The number of ether oxygens (including phenoxy) is 2. The highest BCUT2D eigenvalue weighted by atomic mass is 35.5. The Morgan fingerprint density at radius 1 is 1.11 bits per heavy atom. The van der Waals surface area contributed by atoms with Crippen LogP contribution in [0.3, 0.4) is 0 Å². The van der Waals surface area contributed by atoms with Gasteiger partial charge in [0.2, 0.25) is 0 Å². The maximum atomic E-state index is 12.8. The van der Waals surface area contributed by atoms with Gasteiger partial charge in [0.25, 0.3) is 5.56 Å². The van der Waals surface area contributed by atoms with Crippen molar-refractivity contribution in [3.63, 3.8) is 0 Å². The largest absolute Gasteiger partial charge is 0.493 e. The van der Waals surface area contributed by atoms with Crippen LogP contribution in [-0.2, 0) is 17.9 Å². The van der Waals surface area contributed by atoms with Crippen molar-refractivity contribution in [2.24, 2.45) is 0 Å². The van der Waals surface area contributed by atoms with Crippen molar-refractivity contribution < 1.29 is 19.4 Å². The van der Waals surface area contributed by atoms with Crippen LogP contribution < -0.4 is 20.7 Å². The second-order valence-electron chi connectivity index (χ2n) is 5.88. The smallest absolute Gasteiger partial charge is 0.332 e. The van der Waals surface area contributed by atoms with Gasteiger partial charge in [0, 0.05) is 5.02 Å². The number of methoxy groups -OCH3 is 1. The van der Waals surface area contributed by atoms with Crippen LogP contribution in [0.5, 0.6) is 11.5 Å². The molecular formula is C19H17ClN2O6. The zero-order chi connectivity index (χ0) is 20.3. The molecule has 0 aliphatic heterocycles. The van der Waals surface area contributed by atoms with Crippen molar-refractivity contribution in [2.45, 2.75) is 13.1 Å². The summed E-state index contributed by atoms with van der Waals surface area (Å²) in [5, 5.41) is 9.60. The van der Waals surface area contributed by atoms with E-state index in [1.54, 1.807) is 24.3 Å². The first kappa shape index (κ1) is 19.5. The Balaban J connectivity index is 1.99. The van der Waals surface area contributed by atoms with Gasteiger partial charge >= 0.3 is 11.7 Å². The molecule has 9 heteroatoms. The Hall–Kier alpha value is -3.26. The molecule has 0 spiro atoms. The summed E-state index contributed by atoms with van der Waals surface area (Å²) >= 11 is 5.97. The van der Waals surface area contributed by atoms with E-state index in [9.17, 15) is 14.4 Å². The summed E-state index contributed by atoms with van der Waals surface area (Å²) in [5.41, 5.74) is -1.08. The Bertz CT molecular complexity index is 1150. The van der Waals surface area contributed by atoms with Crippen molar-refractivity contribution in [3.8, 4) is 11.5 Å². The van der Waals surface area contributed by atoms with Gasteiger partial charge in [-0.15, -0.1) is 0 Å². The minimum atomic E-state index is -1.20. The molecule has 1 aromatic heterocycles. The highest BCUT2D eigenvalue weighted by molar-refractivity contribution is 6.31. The third-order valence-corrected chi connectivity index (χ3v) is 4.36. The lowest BCUT2D eigenvalue weighted by molar-refractivity contribution is -0.137. The van der Waals surface area contributed by atoms with E-state index in [0.29, 0.717) is 16.5 Å². The molecule has 1 N–H and O–H groups in total. The minimum absolute atomic E-state index is 0.00860. The summed E-state index contributed by atoms with van der Waals surface area (Å²) in [6.45, 7) is -0.642. The SMILES string of the molecule is COc1ccccc1OCCn1c(=O)c2cc(Cl)ccc2n(CC(=O)O)c1=O. The van der Waals surface area contributed by atoms with Gasteiger partial charge in [0.15, 0.2) is 11.5 Å². The van der Waals surface area contributed by atoms with Crippen LogP contribution in [0.25, 0.3) is 10.9 Å². The van der Waals surface area contributed by atoms with Crippen molar-refractivity contribution in [2.75, 3.05) is 13.7 Å². The van der Waals surface area contributed by atoms with Gasteiger partial charge in [-0.2, -0.15) is 0 Å². The van der Waals surface area contributed by atoms with E-state index in [0.717, 1.165) is 9.13 Å². The molecule has 28 heavy (non-hydrogen) atoms. The standard InChI is InChI=1S/C19H17ClN2O6/c1-27-15-4-2-3-5-16(15)28-9-8-21-18(25)13-10-12(20)6-7-14(13)22(19(21)26)11-17(23)24/h2-7,10H,8-9,11H2,1H3,(H,23,24). The van der Waals surface area contributed by atoms with Crippen molar-refractivity contribution in [1.82, 2.24) is 9.13 Å². The van der Waals surface area contributed by atoms with Gasteiger partial charge < -0.3 is 14.6 Å². The Labute approximate surface area is 164 Å². The topological polar surface area (TPSA) is 99.8 Å². The molecule has 0 saturated carbocycles. The van der Waals surface area contributed by atoms with E-state index in [-0.39, 0.29) is 24.1 Å². The van der Waals surface area contributed by atoms with E-state index in [2.05, 4.69) is 0 Å². The number of nitrogens with zero attached hydrogens (tertiary/aromatic N) is 2. The van der Waals surface area contributed by atoms with Gasteiger partial charge in [-0.25, -0.2) is 4.79 Å². The maximum absolute atomic E-state index is 12.8. The molecule has 3 aromatic rings. The van der Waals surface area contributed by atoms with Crippen molar-refractivity contribution in [3.05, 3.63) is 68.3 Å². The first-order valence-corrected chi connectivity index (χ1v) is 8.70. The lowest BCUT2D eigenvalue weighted by Crippen LogP contribution is -2.42. The molecule has 0 saturated heterocycles. The van der Waals surface area contributed by atoms with Crippen LogP contribution in [0.2, 0.25) is 5.02 Å².